The first-order chi connectivity index (χ1) is 9.33. The van der Waals surface area contributed by atoms with Gasteiger partial charge >= 0.3 is 0 Å². The Bertz CT molecular complexity index is 478. The summed E-state index contributed by atoms with van der Waals surface area (Å²) in [6, 6.07) is 10.6. The normalized spacial score (nSPS) is 40.7. The second-order valence-corrected chi connectivity index (χ2v) is 7.05. The molecular weight excluding hydrogens is 230 g/mol. The number of hydrogen-bond donors (Lipinski definition) is 0. The maximum Gasteiger partial charge on any atom is 0.0613 e. The smallest absolute Gasteiger partial charge is 0.0613 e. The quantitative estimate of drug-likeness (QED) is 0.690. The Labute approximate surface area is 116 Å². The molecule has 19 heavy (non-hydrogen) atoms. The highest BCUT2D eigenvalue weighted by Gasteiger charge is 2.49. The second-order valence-electron chi connectivity index (χ2n) is 7.05. The minimum absolute atomic E-state index is 0.300. The molecule has 0 aliphatic heterocycles. The fourth-order valence-corrected chi connectivity index (χ4v) is 5.03. The second kappa shape index (κ2) is 4.47. The lowest BCUT2D eigenvalue weighted by Crippen LogP contribution is -2.34. The molecule has 0 saturated heterocycles. The molecule has 1 aromatic carbocycles. The lowest BCUT2D eigenvalue weighted by atomic mass is 9.74. The van der Waals surface area contributed by atoms with Gasteiger partial charge in [-0.15, -0.1) is 0 Å². The Kier molecular flexibility index (Phi) is 2.75. The topological polar surface area (TPSA) is 12.4 Å². The summed E-state index contributed by atoms with van der Waals surface area (Å²) < 4.78 is 0. The van der Waals surface area contributed by atoms with Crippen molar-refractivity contribution in [3.63, 3.8) is 0 Å². The van der Waals surface area contributed by atoms with E-state index in [1.54, 1.807) is 0 Å². The third-order valence-corrected chi connectivity index (χ3v) is 5.75. The van der Waals surface area contributed by atoms with Gasteiger partial charge in [0.05, 0.1) is 5.54 Å². The van der Waals surface area contributed by atoms with Crippen molar-refractivity contribution in [2.24, 2.45) is 22.7 Å². The van der Waals surface area contributed by atoms with Crippen LogP contribution in [0.2, 0.25) is 0 Å². The van der Waals surface area contributed by atoms with Crippen LogP contribution in [-0.4, -0.2) is 11.8 Å². The van der Waals surface area contributed by atoms with Crippen LogP contribution < -0.4 is 0 Å². The molecule has 3 fully saturated rings. The van der Waals surface area contributed by atoms with Crippen LogP contribution in [0.4, 0.5) is 0 Å². The molecule has 0 radical (unpaired) electrons. The standard InChI is InChI=1S/C18H23N/c1-2-5-14(6-3-1)13-19-18-8-4-7-16-9-15(11-18)10-17(16)12-18/h1-3,5-6,13,15-17H,4,7-12H2. The molecule has 1 heteroatoms. The van der Waals surface area contributed by atoms with E-state index in [-0.39, 0.29) is 0 Å². The van der Waals surface area contributed by atoms with Gasteiger partial charge in [-0.25, -0.2) is 0 Å². The number of benzene rings is 1. The fourth-order valence-electron chi connectivity index (χ4n) is 5.03. The van der Waals surface area contributed by atoms with Crippen LogP contribution in [0.25, 0.3) is 0 Å². The number of fused-ring (bicyclic) bond motifs is 2. The first-order valence-electron chi connectivity index (χ1n) is 7.93. The highest BCUT2D eigenvalue weighted by atomic mass is 14.9. The summed E-state index contributed by atoms with van der Waals surface area (Å²) in [5.41, 5.74) is 1.56. The van der Waals surface area contributed by atoms with E-state index in [1.807, 2.05) is 0 Å². The molecule has 0 heterocycles. The Hall–Kier alpha value is -1.11. The van der Waals surface area contributed by atoms with Crippen LogP contribution in [0, 0.1) is 17.8 Å². The molecule has 0 N–H and O–H groups in total. The zero-order valence-electron chi connectivity index (χ0n) is 11.6. The van der Waals surface area contributed by atoms with Gasteiger partial charge in [0.1, 0.15) is 0 Å². The van der Waals surface area contributed by atoms with Gasteiger partial charge in [0, 0.05) is 6.21 Å². The van der Waals surface area contributed by atoms with Gasteiger partial charge in [-0.1, -0.05) is 43.2 Å². The molecule has 1 aromatic rings. The molecule has 4 unspecified atom stereocenters. The number of nitrogens with zero attached hydrogens (tertiary/aromatic N) is 1. The molecule has 0 aromatic heterocycles. The van der Waals surface area contributed by atoms with E-state index in [9.17, 15) is 0 Å². The van der Waals surface area contributed by atoms with Crippen LogP contribution in [0.15, 0.2) is 35.3 Å². The van der Waals surface area contributed by atoms with Gasteiger partial charge in [-0.05, 0) is 55.4 Å². The van der Waals surface area contributed by atoms with Gasteiger partial charge in [-0.3, -0.25) is 4.99 Å². The fraction of sp³-hybridized carbons (Fsp3) is 0.611. The van der Waals surface area contributed by atoms with Crippen molar-refractivity contribution >= 4 is 6.21 Å². The summed E-state index contributed by atoms with van der Waals surface area (Å²) in [6.07, 6.45) is 12.1. The van der Waals surface area contributed by atoms with Crippen molar-refractivity contribution in [1.29, 1.82) is 0 Å². The zero-order chi connectivity index (χ0) is 12.7. The Morgan fingerprint density at radius 1 is 1.05 bits per heavy atom. The Morgan fingerprint density at radius 2 is 1.89 bits per heavy atom. The predicted molar refractivity (Wildman–Crippen MR) is 79.6 cm³/mol. The maximum absolute atomic E-state index is 5.12. The van der Waals surface area contributed by atoms with Crippen molar-refractivity contribution in [1.82, 2.24) is 0 Å². The van der Waals surface area contributed by atoms with E-state index in [0.29, 0.717) is 5.54 Å². The highest BCUT2D eigenvalue weighted by Crippen LogP contribution is 2.56. The molecule has 1 nitrogen and oxygen atoms in total. The van der Waals surface area contributed by atoms with E-state index in [2.05, 4.69) is 36.5 Å². The summed E-state index contributed by atoms with van der Waals surface area (Å²) in [4.78, 5) is 5.12. The monoisotopic (exact) mass is 253 g/mol. The number of rotatable bonds is 2. The van der Waals surface area contributed by atoms with Crippen LogP contribution in [-0.2, 0) is 0 Å². The van der Waals surface area contributed by atoms with Crippen LogP contribution >= 0.6 is 0 Å². The van der Waals surface area contributed by atoms with Gasteiger partial charge < -0.3 is 0 Å². The number of hydrogen-bond acceptors (Lipinski definition) is 1. The van der Waals surface area contributed by atoms with Gasteiger partial charge in [0.25, 0.3) is 0 Å². The summed E-state index contributed by atoms with van der Waals surface area (Å²) in [5.74, 6) is 3.02. The van der Waals surface area contributed by atoms with Crippen LogP contribution in [0.1, 0.15) is 50.5 Å². The molecule has 4 atom stereocenters. The average molecular weight is 253 g/mol. The number of aliphatic imine (C=N–C) groups is 1. The first kappa shape index (κ1) is 11.7. The molecule has 0 amide bonds. The van der Waals surface area contributed by atoms with E-state index in [0.717, 1.165) is 17.8 Å². The molecule has 3 bridgehead atoms. The third-order valence-electron chi connectivity index (χ3n) is 5.75. The van der Waals surface area contributed by atoms with Crippen molar-refractivity contribution in [2.75, 3.05) is 0 Å². The van der Waals surface area contributed by atoms with Gasteiger partial charge in [0.15, 0.2) is 0 Å². The molecule has 3 aliphatic rings. The lowest BCUT2D eigenvalue weighted by Gasteiger charge is -2.37. The van der Waals surface area contributed by atoms with E-state index in [1.165, 1.54) is 50.5 Å². The summed E-state index contributed by atoms with van der Waals surface area (Å²) in [5, 5.41) is 0. The maximum atomic E-state index is 5.12. The first-order valence-corrected chi connectivity index (χ1v) is 7.93. The van der Waals surface area contributed by atoms with Crippen molar-refractivity contribution < 1.29 is 0 Å². The molecular formula is C18H23N. The molecule has 100 valence electrons. The SMILES string of the molecule is C(=NC12CCCC3CC(CC3C1)C2)c1ccccc1. The summed E-state index contributed by atoms with van der Waals surface area (Å²) in [7, 11) is 0. The predicted octanol–water partition coefficient (Wildman–Crippen LogP) is 4.46. The van der Waals surface area contributed by atoms with Crippen molar-refractivity contribution in [2.45, 2.75) is 50.5 Å². The molecule has 3 aliphatic carbocycles. The average Bonchev–Trinajstić information content (AvgIpc) is 2.65. The van der Waals surface area contributed by atoms with Crippen LogP contribution in [0.3, 0.4) is 0 Å². The molecule has 0 spiro atoms. The lowest BCUT2D eigenvalue weighted by molar-refractivity contribution is 0.214. The molecule has 4 rings (SSSR count). The molecule has 3 saturated carbocycles. The zero-order valence-corrected chi connectivity index (χ0v) is 11.6. The van der Waals surface area contributed by atoms with Crippen molar-refractivity contribution in [3.05, 3.63) is 35.9 Å². The Balaban J connectivity index is 1.61. The largest absolute Gasteiger partial charge is 0.286 e. The van der Waals surface area contributed by atoms with Crippen LogP contribution in [0.5, 0.6) is 0 Å². The van der Waals surface area contributed by atoms with E-state index >= 15 is 0 Å². The summed E-state index contributed by atoms with van der Waals surface area (Å²) in [6.45, 7) is 0. The van der Waals surface area contributed by atoms with E-state index in [4.69, 9.17) is 4.99 Å². The minimum Gasteiger partial charge on any atom is -0.286 e. The summed E-state index contributed by atoms with van der Waals surface area (Å²) >= 11 is 0. The van der Waals surface area contributed by atoms with Gasteiger partial charge in [-0.2, -0.15) is 0 Å². The Morgan fingerprint density at radius 3 is 2.79 bits per heavy atom. The van der Waals surface area contributed by atoms with Crippen molar-refractivity contribution in [3.8, 4) is 0 Å². The minimum atomic E-state index is 0.300. The third kappa shape index (κ3) is 2.13. The van der Waals surface area contributed by atoms with E-state index < -0.39 is 0 Å². The highest BCUT2D eigenvalue weighted by molar-refractivity contribution is 5.79. The van der Waals surface area contributed by atoms with Gasteiger partial charge in [0.2, 0.25) is 0 Å².